The first-order valence-electron chi connectivity index (χ1n) is 4.52. The topological polar surface area (TPSA) is 38.0 Å². The molecule has 2 nitrogen and oxygen atoms in total. The predicted molar refractivity (Wildman–Crippen MR) is 51.0 cm³/mol. The van der Waals surface area contributed by atoms with Crippen LogP contribution < -0.4 is 11.1 Å². The van der Waals surface area contributed by atoms with Gasteiger partial charge in [0.15, 0.2) is 0 Å². The van der Waals surface area contributed by atoms with E-state index >= 15 is 0 Å². The van der Waals surface area contributed by atoms with Crippen molar-refractivity contribution in [3.05, 3.63) is 29.6 Å². The van der Waals surface area contributed by atoms with Gasteiger partial charge in [0, 0.05) is 12.2 Å². The van der Waals surface area contributed by atoms with E-state index in [1.165, 1.54) is 6.07 Å². The molecule has 1 saturated heterocycles. The van der Waals surface area contributed by atoms with Crippen LogP contribution in [0.25, 0.3) is 0 Å². The van der Waals surface area contributed by atoms with Gasteiger partial charge in [-0.25, -0.2) is 4.39 Å². The van der Waals surface area contributed by atoms with Crippen molar-refractivity contribution >= 4 is 5.69 Å². The Morgan fingerprint density at radius 3 is 2.85 bits per heavy atom. The molecule has 0 bridgehead atoms. The van der Waals surface area contributed by atoms with Gasteiger partial charge in [-0.2, -0.15) is 0 Å². The Morgan fingerprint density at radius 1 is 1.38 bits per heavy atom. The third-order valence-electron chi connectivity index (χ3n) is 2.47. The Hall–Kier alpha value is -1.09. The number of hydrogen-bond donors (Lipinski definition) is 2. The van der Waals surface area contributed by atoms with Crippen LogP contribution in [0.2, 0.25) is 0 Å². The van der Waals surface area contributed by atoms with E-state index in [0.29, 0.717) is 11.6 Å². The zero-order valence-electron chi connectivity index (χ0n) is 7.39. The summed E-state index contributed by atoms with van der Waals surface area (Å²) in [6.07, 6.45) is 1.07. The number of nitrogens with one attached hydrogen (secondary N) is 1. The molecule has 1 aliphatic rings. The minimum Gasteiger partial charge on any atom is -0.399 e. The van der Waals surface area contributed by atoms with E-state index in [9.17, 15) is 4.39 Å². The first kappa shape index (κ1) is 8.51. The van der Waals surface area contributed by atoms with Crippen molar-refractivity contribution in [2.45, 2.75) is 12.3 Å². The average Bonchev–Trinajstić information content (AvgIpc) is 2.53. The first-order valence-corrected chi connectivity index (χ1v) is 4.52. The molecule has 0 radical (unpaired) electrons. The largest absolute Gasteiger partial charge is 0.399 e. The van der Waals surface area contributed by atoms with Crippen molar-refractivity contribution in [3.63, 3.8) is 0 Å². The molecule has 2 rings (SSSR count). The standard InChI is InChI=1S/C10H13FN2/c11-9-3-8(4-10(12)5-9)7-1-2-13-6-7/h3-5,7,13H,1-2,6,12H2/t7-/m1/s1. The van der Waals surface area contributed by atoms with E-state index in [2.05, 4.69) is 5.32 Å². The smallest absolute Gasteiger partial charge is 0.125 e. The Kier molecular flexibility index (Phi) is 2.19. The van der Waals surface area contributed by atoms with Crippen molar-refractivity contribution < 1.29 is 4.39 Å². The number of nitrogens with two attached hydrogens (primary N) is 1. The molecular formula is C10H13FN2. The van der Waals surface area contributed by atoms with Crippen molar-refractivity contribution in [3.8, 4) is 0 Å². The molecule has 1 aromatic carbocycles. The van der Waals surface area contributed by atoms with Gasteiger partial charge in [0.25, 0.3) is 0 Å². The number of halogens is 1. The first-order chi connectivity index (χ1) is 6.25. The van der Waals surface area contributed by atoms with E-state index in [-0.39, 0.29) is 5.82 Å². The van der Waals surface area contributed by atoms with E-state index in [1.54, 1.807) is 6.07 Å². The Morgan fingerprint density at radius 2 is 2.23 bits per heavy atom. The van der Waals surface area contributed by atoms with Crippen molar-refractivity contribution in [1.82, 2.24) is 5.32 Å². The third-order valence-corrected chi connectivity index (χ3v) is 2.47. The molecule has 1 aliphatic heterocycles. The summed E-state index contributed by atoms with van der Waals surface area (Å²) in [4.78, 5) is 0. The van der Waals surface area contributed by atoms with E-state index in [4.69, 9.17) is 5.73 Å². The van der Waals surface area contributed by atoms with Crippen LogP contribution in [0, 0.1) is 5.82 Å². The molecule has 0 amide bonds. The number of anilines is 1. The summed E-state index contributed by atoms with van der Waals surface area (Å²) in [5.41, 5.74) is 7.10. The number of rotatable bonds is 1. The van der Waals surface area contributed by atoms with Crippen molar-refractivity contribution in [2.24, 2.45) is 0 Å². The molecule has 0 saturated carbocycles. The van der Waals surface area contributed by atoms with Gasteiger partial charge in [0.1, 0.15) is 5.82 Å². The number of hydrogen-bond acceptors (Lipinski definition) is 2. The quantitative estimate of drug-likeness (QED) is 0.642. The molecule has 1 aromatic rings. The zero-order chi connectivity index (χ0) is 9.26. The van der Waals surface area contributed by atoms with E-state index < -0.39 is 0 Å². The van der Waals surface area contributed by atoms with Gasteiger partial charge in [0.05, 0.1) is 0 Å². The Balaban J connectivity index is 2.28. The monoisotopic (exact) mass is 180 g/mol. The Bertz CT molecular complexity index is 286. The molecule has 1 heterocycles. The van der Waals surface area contributed by atoms with Crippen LogP contribution in [0.4, 0.5) is 10.1 Å². The Labute approximate surface area is 76.9 Å². The molecule has 0 unspecified atom stereocenters. The molecule has 0 aromatic heterocycles. The van der Waals surface area contributed by atoms with Gasteiger partial charge >= 0.3 is 0 Å². The van der Waals surface area contributed by atoms with Crippen LogP contribution in [-0.2, 0) is 0 Å². The maximum atomic E-state index is 13.0. The molecule has 0 spiro atoms. The lowest BCUT2D eigenvalue weighted by molar-refractivity contribution is 0.622. The molecule has 13 heavy (non-hydrogen) atoms. The highest BCUT2D eigenvalue weighted by atomic mass is 19.1. The number of nitrogen functional groups attached to an aromatic ring is 1. The zero-order valence-corrected chi connectivity index (χ0v) is 7.39. The van der Waals surface area contributed by atoms with Crippen LogP contribution in [0.3, 0.4) is 0 Å². The lowest BCUT2D eigenvalue weighted by Gasteiger charge is -2.09. The summed E-state index contributed by atoms with van der Waals surface area (Å²) in [5, 5.41) is 3.25. The van der Waals surface area contributed by atoms with Crippen LogP contribution in [-0.4, -0.2) is 13.1 Å². The van der Waals surface area contributed by atoms with E-state index in [0.717, 1.165) is 25.1 Å². The third kappa shape index (κ3) is 1.80. The molecule has 70 valence electrons. The van der Waals surface area contributed by atoms with Gasteiger partial charge in [-0.1, -0.05) is 0 Å². The second kappa shape index (κ2) is 3.34. The van der Waals surface area contributed by atoms with Gasteiger partial charge in [-0.3, -0.25) is 0 Å². The summed E-state index contributed by atoms with van der Waals surface area (Å²) in [6.45, 7) is 1.95. The maximum absolute atomic E-state index is 13.0. The van der Waals surface area contributed by atoms with Gasteiger partial charge < -0.3 is 11.1 Å². The fourth-order valence-electron chi connectivity index (χ4n) is 1.81. The average molecular weight is 180 g/mol. The fraction of sp³-hybridized carbons (Fsp3) is 0.400. The lowest BCUT2D eigenvalue weighted by atomic mass is 9.98. The predicted octanol–water partition coefficient (Wildman–Crippen LogP) is 1.48. The molecule has 3 heteroatoms. The molecule has 0 aliphatic carbocycles. The maximum Gasteiger partial charge on any atom is 0.125 e. The van der Waals surface area contributed by atoms with Crippen LogP contribution >= 0.6 is 0 Å². The lowest BCUT2D eigenvalue weighted by Crippen LogP contribution is -2.08. The summed E-state index contributed by atoms with van der Waals surface area (Å²) >= 11 is 0. The van der Waals surface area contributed by atoms with E-state index in [1.807, 2.05) is 6.07 Å². The fourth-order valence-corrected chi connectivity index (χ4v) is 1.81. The number of benzene rings is 1. The summed E-state index contributed by atoms with van der Waals surface area (Å²) < 4.78 is 13.0. The van der Waals surface area contributed by atoms with Gasteiger partial charge in [0.2, 0.25) is 0 Å². The normalized spacial score (nSPS) is 22.1. The molecule has 3 N–H and O–H groups in total. The van der Waals surface area contributed by atoms with Crippen LogP contribution in [0.1, 0.15) is 17.9 Å². The molecular weight excluding hydrogens is 167 g/mol. The highest BCUT2D eigenvalue weighted by Crippen LogP contribution is 2.24. The van der Waals surface area contributed by atoms with Crippen LogP contribution in [0.15, 0.2) is 18.2 Å². The van der Waals surface area contributed by atoms with Gasteiger partial charge in [-0.15, -0.1) is 0 Å². The summed E-state index contributed by atoms with van der Waals surface area (Å²) in [5.74, 6) is 0.194. The second-order valence-corrected chi connectivity index (χ2v) is 3.51. The van der Waals surface area contributed by atoms with Gasteiger partial charge in [-0.05, 0) is 42.6 Å². The second-order valence-electron chi connectivity index (χ2n) is 3.51. The highest BCUT2D eigenvalue weighted by Gasteiger charge is 2.17. The minimum atomic E-state index is -0.234. The van der Waals surface area contributed by atoms with Crippen LogP contribution in [0.5, 0.6) is 0 Å². The highest BCUT2D eigenvalue weighted by molar-refractivity contribution is 5.42. The SMILES string of the molecule is Nc1cc(F)cc([C@@H]2CCNC2)c1. The molecule has 1 atom stereocenters. The molecule has 1 fully saturated rings. The minimum absolute atomic E-state index is 0.234. The summed E-state index contributed by atoms with van der Waals surface area (Å²) in [7, 11) is 0. The summed E-state index contributed by atoms with van der Waals surface area (Å²) in [6, 6.07) is 4.79. The van der Waals surface area contributed by atoms with Crippen molar-refractivity contribution in [2.75, 3.05) is 18.8 Å². The van der Waals surface area contributed by atoms with Crippen molar-refractivity contribution in [1.29, 1.82) is 0 Å².